The van der Waals surface area contributed by atoms with Crippen LogP contribution in [0.3, 0.4) is 0 Å². The molecule has 2 aromatic carbocycles. The Balaban J connectivity index is 1.97. The molecule has 0 N–H and O–H groups in total. The lowest BCUT2D eigenvalue weighted by Gasteiger charge is -2.17. The van der Waals surface area contributed by atoms with Gasteiger partial charge in [-0.1, -0.05) is 53.2 Å². The maximum Gasteiger partial charge on any atom is 0.283 e. The fourth-order valence-corrected chi connectivity index (χ4v) is 3.29. The summed E-state index contributed by atoms with van der Waals surface area (Å²) >= 11 is 7.61. The second-order valence-electron chi connectivity index (χ2n) is 5.50. The van der Waals surface area contributed by atoms with Gasteiger partial charge in [0.25, 0.3) is 5.91 Å². The molecule has 0 spiro atoms. The number of aryl methyl sites for hydroxylation is 1. The first kappa shape index (κ1) is 17.6. The Morgan fingerprint density at radius 3 is 2.52 bits per heavy atom. The fourth-order valence-electron chi connectivity index (χ4n) is 2.48. The van der Waals surface area contributed by atoms with Crippen LogP contribution in [-0.4, -0.2) is 24.4 Å². The number of thioether (sulfide) groups is 1. The van der Waals surface area contributed by atoms with E-state index in [-0.39, 0.29) is 5.91 Å². The van der Waals surface area contributed by atoms with Crippen molar-refractivity contribution >= 4 is 46.2 Å². The Morgan fingerprint density at radius 1 is 1.20 bits per heavy atom. The van der Waals surface area contributed by atoms with Crippen LogP contribution >= 0.6 is 23.4 Å². The molecule has 0 radical (unpaired) electrons. The minimum atomic E-state index is -0.175. The van der Waals surface area contributed by atoms with E-state index in [0.29, 0.717) is 27.3 Å². The largest absolute Gasteiger partial charge is 0.495 e. The van der Waals surface area contributed by atoms with Gasteiger partial charge in [0.1, 0.15) is 11.4 Å². The third kappa shape index (κ3) is 3.57. The van der Waals surface area contributed by atoms with Crippen LogP contribution in [0.25, 0.3) is 6.08 Å². The van der Waals surface area contributed by atoms with Gasteiger partial charge in [0.2, 0.25) is 0 Å². The zero-order valence-corrected chi connectivity index (χ0v) is 15.7. The predicted octanol–water partition coefficient (Wildman–Crippen LogP) is 4.76. The highest BCUT2D eigenvalue weighted by atomic mass is 35.5. The molecular weight excluding hydrogens is 356 g/mol. The summed E-state index contributed by atoms with van der Waals surface area (Å²) in [5.74, 6) is 0.390. The molecule has 0 atom stereocenters. The first-order valence-corrected chi connectivity index (χ1v) is 9.23. The number of methoxy groups -OCH3 is 1. The first-order valence-electron chi connectivity index (χ1n) is 7.62. The average Bonchev–Trinajstić information content (AvgIpc) is 2.92. The first-order chi connectivity index (χ1) is 12.0. The van der Waals surface area contributed by atoms with Crippen molar-refractivity contribution in [2.45, 2.75) is 6.92 Å². The molecule has 0 saturated carbocycles. The van der Waals surface area contributed by atoms with Gasteiger partial charge in [-0.15, -0.1) is 0 Å². The van der Waals surface area contributed by atoms with Crippen LogP contribution < -0.4 is 9.64 Å². The number of benzene rings is 2. The van der Waals surface area contributed by atoms with E-state index in [9.17, 15) is 4.79 Å². The zero-order valence-electron chi connectivity index (χ0n) is 14.1. The normalized spacial score (nSPS) is 15.7. The van der Waals surface area contributed by atoms with Gasteiger partial charge < -0.3 is 4.74 Å². The van der Waals surface area contributed by atoms with Crippen molar-refractivity contribution in [2.75, 3.05) is 18.3 Å². The molecule has 0 fully saturated rings. The number of rotatable bonds is 3. The number of aliphatic imine (C=N–C) groups is 1. The van der Waals surface area contributed by atoms with Crippen LogP contribution in [0.2, 0.25) is 5.02 Å². The minimum Gasteiger partial charge on any atom is -0.495 e. The van der Waals surface area contributed by atoms with Crippen molar-refractivity contribution in [1.29, 1.82) is 0 Å². The Morgan fingerprint density at radius 2 is 1.92 bits per heavy atom. The molecule has 0 saturated heterocycles. The molecule has 0 aliphatic carbocycles. The van der Waals surface area contributed by atoms with E-state index in [1.54, 1.807) is 36.3 Å². The second kappa shape index (κ2) is 7.33. The maximum absolute atomic E-state index is 12.9. The number of amides is 1. The van der Waals surface area contributed by atoms with Gasteiger partial charge in [0.15, 0.2) is 5.17 Å². The van der Waals surface area contributed by atoms with Crippen LogP contribution in [0.4, 0.5) is 5.69 Å². The maximum atomic E-state index is 12.9. The Bertz CT molecular complexity index is 875. The molecule has 2 aromatic rings. The van der Waals surface area contributed by atoms with Crippen molar-refractivity contribution in [2.24, 2.45) is 4.99 Å². The molecule has 6 heteroatoms. The van der Waals surface area contributed by atoms with Gasteiger partial charge >= 0.3 is 0 Å². The SMILES string of the molecule is COc1ccc(N2C(=O)C(=Cc3ccc(C)cc3)N=C2SC)cc1Cl. The van der Waals surface area contributed by atoms with E-state index in [2.05, 4.69) is 4.99 Å². The summed E-state index contributed by atoms with van der Waals surface area (Å²) in [4.78, 5) is 18.9. The van der Waals surface area contributed by atoms with Gasteiger partial charge in [0, 0.05) is 0 Å². The summed E-state index contributed by atoms with van der Waals surface area (Å²) in [5, 5.41) is 1.06. The van der Waals surface area contributed by atoms with E-state index < -0.39 is 0 Å². The number of halogens is 1. The molecule has 1 heterocycles. The van der Waals surface area contributed by atoms with Crippen molar-refractivity contribution in [3.63, 3.8) is 0 Å². The molecule has 1 aliphatic heterocycles. The lowest BCUT2D eigenvalue weighted by atomic mass is 10.1. The monoisotopic (exact) mass is 372 g/mol. The molecule has 4 nitrogen and oxygen atoms in total. The number of hydrogen-bond donors (Lipinski definition) is 0. The highest BCUT2D eigenvalue weighted by Crippen LogP contribution is 2.33. The number of carbonyl (C=O) groups is 1. The van der Waals surface area contributed by atoms with Crippen LogP contribution in [0, 0.1) is 6.92 Å². The van der Waals surface area contributed by atoms with Crippen LogP contribution in [0.5, 0.6) is 5.75 Å². The van der Waals surface area contributed by atoms with Gasteiger partial charge in [-0.05, 0) is 43.0 Å². The molecule has 1 amide bonds. The summed E-state index contributed by atoms with van der Waals surface area (Å²) in [7, 11) is 1.55. The van der Waals surface area contributed by atoms with E-state index in [4.69, 9.17) is 16.3 Å². The third-order valence-electron chi connectivity index (χ3n) is 3.79. The summed E-state index contributed by atoms with van der Waals surface area (Å²) in [6, 6.07) is 13.2. The van der Waals surface area contributed by atoms with Gasteiger partial charge in [-0.2, -0.15) is 0 Å². The topological polar surface area (TPSA) is 41.9 Å². The van der Waals surface area contributed by atoms with E-state index in [1.807, 2.05) is 37.4 Å². The number of anilines is 1. The third-order valence-corrected chi connectivity index (χ3v) is 4.72. The Kier molecular flexibility index (Phi) is 5.16. The summed E-state index contributed by atoms with van der Waals surface area (Å²) in [6.45, 7) is 2.02. The van der Waals surface area contributed by atoms with Crippen molar-refractivity contribution in [3.05, 3.63) is 64.3 Å². The summed E-state index contributed by atoms with van der Waals surface area (Å²) < 4.78 is 5.17. The van der Waals surface area contributed by atoms with Crippen LogP contribution in [0.1, 0.15) is 11.1 Å². The number of hydrogen-bond acceptors (Lipinski definition) is 4. The summed E-state index contributed by atoms with van der Waals surface area (Å²) in [5.41, 5.74) is 3.17. The summed E-state index contributed by atoms with van der Waals surface area (Å²) in [6.07, 6.45) is 3.68. The lowest BCUT2D eigenvalue weighted by Crippen LogP contribution is -2.30. The van der Waals surface area contributed by atoms with Crippen LogP contribution in [0.15, 0.2) is 53.2 Å². The number of amidine groups is 1. The quantitative estimate of drug-likeness (QED) is 0.729. The van der Waals surface area contributed by atoms with Crippen molar-refractivity contribution in [3.8, 4) is 5.75 Å². The Labute approximate surface area is 156 Å². The highest BCUT2D eigenvalue weighted by Gasteiger charge is 2.31. The fraction of sp³-hybridized carbons (Fsp3) is 0.158. The van der Waals surface area contributed by atoms with E-state index in [0.717, 1.165) is 5.56 Å². The van der Waals surface area contributed by atoms with Gasteiger partial charge in [-0.3, -0.25) is 9.69 Å². The molecule has 128 valence electrons. The molecule has 0 aromatic heterocycles. The smallest absolute Gasteiger partial charge is 0.283 e. The van der Waals surface area contributed by atoms with Gasteiger partial charge in [0.05, 0.1) is 17.8 Å². The number of carbonyl (C=O) groups excluding carboxylic acids is 1. The van der Waals surface area contributed by atoms with Crippen molar-refractivity contribution in [1.82, 2.24) is 0 Å². The number of ether oxygens (including phenoxy) is 1. The van der Waals surface area contributed by atoms with E-state index >= 15 is 0 Å². The van der Waals surface area contributed by atoms with E-state index in [1.165, 1.54) is 17.3 Å². The molecule has 25 heavy (non-hydrogen) atoms. The van der Waals surface area contributed by atoms with Gasteiger partial charge in [-0.25, -0.2) is 4.99 Å². The molecule has 1 aliphatic rings. The molecule has 0 unspecified atom stereocenters. The predicted molar refractivity (Wildman–Crippen MR) is 106 cm³/mol. The molecular formula is C19H17ClN2O2S. The standard InChI is InChI=1S/C19H17ClN2O2S/c1-12-4-6-13(7-5-12)10-16-18(23)22(19(21-16)25-3)14-8-9-17(24-2)15(20)11-14/h4-11H,1-3H3. The molecule has 0 bridgehead atoms. The Hall–Kier alpha value is -2.24. The molecule has 3 rings (SSSR count). The van der Waals surface area contributed by atoms with Crippen LogP contribution in [-0.2, 0) is 4.79 Å². The highest BCUT2D eigenvalue weighted by molar-refractivity contribution is 8.13. The van der Waals surface area contributed by atoms with Crippen molar-refractivity contribution < 1.29 is 9.53 Å². The lowest BCUT2D eigenvalue weighted by molar-refractivity contribution is -0.113. The second-order valence-corrected chi connectivity index (χ2v) is 6.68. The zero-order chi connectivity index (χ0) is 18.0. The average molecular weight is 373 g/mol. The minimum absolute atomic E-state index is 0.175. The number of nitrogens with zero attached hydrogens (tertiary/aromatic N) is 2.